The van der Waals surface area contributed by atoms with Gasteiger partial charge in [-0.2, -0.15) is 0 Å². The monoisotopic (exact) mass is 345 g/mol. The lowest BCUT2D eigenvalue weighted by atomic mass is 10.1. The maximum absolute atomic E-state index is 11.0. The Bertz CT molecular complexity index is 786. The van der Waals surface area contributed by atoms with E-state index in [0.717, 1.165) is 16.8 Å². The van der Waals surface area contributed by atoms with Crippen molar-refractivity contribution in [1.29, 1.82) is 0 Å². The molecule has 0 amide bonds. The summed E-state index contributed by atoms with van der Waals surface area (Å²) in [5.74, 6) is 0.183. The van der Waals surface area contributed by atoms with Crippen molar-refractivity contribution in [2.45, 2.75) is 20.8 Å². The van der Waals surface area contributed by atoms with E-state index in [9.17, 15) is 10.1 Å². The van der Waals surface area contributed by atoms with Crippen LogP contribution in [0, 0.1) is 30.9 Å². The SMILES string of the molecule is COc1cc(NC(=S)Nc2c(C)cccc2C)c(C)cc1[N+](=O)[O-]. The molecule has 2 rings (SSSR count). The summed E-state index contributed by atoms with van der Waals surface area (Å²) < 4.78 is 5.10. The van der Waals surface area contributed by atoms with Crippen LogP contribution in [0.4, 0.5) is 17.1 Å². The second-order valence-electron chi connectivity index (χ2n) is 5.44. The van der Waals surface area contributed by atoms with E-state index in [1.165, 1.54) is 13.2 Å². The number of hydrogen-bond donors (Lipinski definition) is 2. The number of thiocarbonyl (C=S) groups is 1. The Labute approximate surface area is 146 Å². The van der Waals surface area contributed by atoms with Crippen molar-refractivity contribution < 1.29 is 9.66 Å². The van der Waals surface area contributed by atoms with Crippen LogP contribution in [0.5, 0.6) is 5.75 Å². The van der Waals surface area contributed by atoms with Crippen molar-refractivity contribution in [3.05, 3.63) is 57.1 Å². The van der Waals surface area contributed by atoms with Crippen LogP contribution in [0.1, 0.15) is 16.7 Å². The Morgan fingerprint density at radius 1 is 1.12 bits per heavy atom. The fourth-order valence-corrected chi connectivity index (χ4v) is 2.60. The van der Waals surface area contributed by atoms with Gasteiger partial charge in [-0.25, -0.2) is 0 Å². The predicted molar refractivity (Wildman–Crippen MR) is 100 cm³/mol. The minimum absolute atomic E-state index is 0.0748. The third-order valence-electron chi connectivity index (χ3n) is 3.69. The van der Waals surface area contributed by atoms with Crippen LogP contribution in [0.2, 0.25) is 0 Å². The zero-order valence-corrected chi connectivity index (χ0v) is 14.8. The van der Waals surface area contributed by atoms with Crippen LogP contribution in [0.25, 0.3) is 0 Å². The number of para-hydroxylation sites is 1. The molecule has 2 aromatic rings. The van der Waals surface area contributed by atoms with Crippen LogP contribution >= 0.6 is 12.2 Å². The Morgan fingerprint density at radius 2 is 1.75 bits per heavy atom. The van der Waals surface area contributed by atoms with Crippen LogP contribution < -0.4 is 15.4 Å². The molecule has 0 fully saturated rings. The third kappa shape index (κ3) is 3.80. The molecule has 0 aromatic heterocycles. The maximum atomic E-state index is 11.0. The van der Waals surface area contributed by atoms with Gasteiger partial charge in [0.2, 0.25) is 0 Å². The second-order valence-corrected chi connectivity index (χ2v) is 5.85. The van der Waals surface area contributed by atoms with Crippen molar-refractivity contribution in [2.75, 3.05) is 17.7 Å². The number of aryl methyl sites for hydroxylation is 3. The Morgan fingerprint density at radius 3 is 2.29 bits per heavy atom. The molecule has 0 unspecified atom stereocenters. The smallest absolute Gasteiger partial charge is 0.311 e. The molecule has 24 heavy (non-hydrogen) atoms. The van der Waals surface area contributed by atoms with E-state index in [4.69, 9.17) is 17.0 Å². The van der Waals surface area contributed by atoms with Crippen molar-refractivity contribution >= 4 is 34.4 Å². The quantitative estimate of drug-likeness (QED) is 0.488. The summed E-state index contributed by atoms with van der Waals surface area (Å²) in [7, 11) is 1.40. The van der Waals surface area contributed by atoms with Crippen LogP contribution in [-0.2, 0) is 0 Å². The van der Waals surface area contributed by atoms with E-state index in [1.807, 2.05) is 32.0 Å². The number of ether oxygens (including phenoxy) is 1. The molecule has 0 aliphatic rings. The van der Waals surface area contributed by atoms with Gasteiger partial charge in [0.15, 0.2) is 10.9 Å². The predicted octanol–water partition coefficient (Wildman–Crippen LogP) is 4.34. The van der Waals surface area contributed by atoms with Gasteiger partial charge in [-0.15, -0.1) is 0 Å². The molecule has 0 saturated heterocycles. The highest BCUT2D eigenvalue weighted by atomic mass is 32.1. The molecule has 0 radical (unpaired) electrons. The maximum Gasteiger partial charge on any atom is 0.311 e. The summed E-state index contributed by atoms with van der Waals surface area (Å²) >= 11 is 5.36. The van der Waals surface area contributed by atoms with Crippen molar-refractivity contribution in [2.24, 2.45) is 0 Å². The molecule has 6 nitrogen and oxygen atoms in total. The van der Waals surface area contributed by atoms with Crippen molar-refractivity contribution in [3.8, 4) is 5.75 Å². The highest BCUT2D eigenvalue weighted by Gasteiger charge is 2.18. The number of anilines is 2. The topological polar surface area (TPSA) is 76.4 Å². The van der Waals surface area contributed by atoms with Crippen LogP contribution in [-0.4, -0.2) is 17.1 Å². The normalized spacial score (nSPS) is 10.2. The number of rotatable bonds is 4. The number of hydrogen-bond acceptors (Lipinski definition) is 4. The number of nitrogens with one attached hydrogen (secondary N) is 2. The van der Waals surface area contributed by atoms with Gasteiger partial charge in [0, 0.05) is 23.5 Å². The molecular formula is C17H19N3O3S. The first-order chi connectivity index (χ1) is 11.3. The molecular weight excluding hydrogens is 326 g/mol. The molecule has 7 heteroatoms. The van der Waals surface area contributed by atoms with Gasteiger partial charge in [-0.1, -0.05) is 18.2 Å². The minimum atomic E-state index is -0.469. The van der Waals surface area contributed by atoms with Crippen molar-refractivity contribution in [3.63, 3.8) is 0 Å². The molecule has 2 aromatic carbocycles. The van der Waals surface area contributed by atoms with Gasteiger partial charge >= 0.3 is 5.69 Å². The summed E-state index contributed by atoms with van der Waals surface area (Å²) in [4.78, 5) is 10.6. The average Bonchev–Trinajstić information content (AvgIpc) is 2.52. The van der Waals surface area contributed by atoms with E-state index in [1.54, 1.807) is 13.0 Å². The zero-order chi connectivity index (χ0) is 17.9. The fraction of sp³-hybridized carbons (Fsp3) is 0.235. The molecule has 0 aliphatic heterocycles. The largest absolute Gasteiger partial charge is 0.490 e. The Kier molecular flexibility index (Phi) is 5.35. The number of nitro benzene ring substituents is 1. The number of nitro groups is 1. The van der Waals surface area contributed by atoms with Gasteiger partial charge in [-0.3, -0.25) is 10.1 Å². The summed E-state index contributed by atoms with van der Waals surface area (Å²) in [6.07, 6.45) is 0. The lowest BCUT2D eigenvalue weighted by Crippen LogP contribution is -2.21. The van der Waals surface area contributed by atoms with Gasteiger partial charge in [0.25, 0.3) is 0 Å². The fourth-order valence-electron chi connectivity index (χ4n) is 2.39. The summed E-state index contributed by atoms with van der Waals surface area (Å²) in [5, 5.41) is 17.7. The first-order valence-electron chi connectivity index (χ1n) is 7.30. The lowest BCUT2D eigenvalue weighted by Gasteiger charge is -2.16. The van der Waals surface area contributed by atoms with Gasteiger partial charge in [-0.05, 0) is 49.7 Å². The van der Waals surface area contributed by atoms with Crippen molar-refractivity contribution in [1.82, 2.24) is 0 Å². The molecule has 0 atom stereocenters. The lowest BCUT2D eigenvalue weighted by molar-refractivity contribution is -0.385. The van der Waals surface area contributed by atoms with E-state index in [2.05, 4.69) is 10.6 Å². The molecule has 2 N–H and O–H groups in total. The molecule has 0 saturated carbocycles. The van der Waals surface area contributed by atoms with E-state index in [0.29, 0.717) is 16.4 Å². The standard InChI is InChI=1S/C17H19N3O3S/c1-10-6-5-7-11(2)16(10)19-17(24)18-13-9-15(23-4)14(20(21)22)8-12(13)3/h5-9H,1-4H3,(H2,18,19,24). The summed E-state index contributed by atoms with van der Waals surface area (Å²) in [6.45, 7) is 5.77. The molecule has 0 bridgehead atoms. The highest BCUT2D eigenvalue weighted by molar-refractivity contribution is 7.80. The van der Waals surface area contributed by atoms with E-state index >= 15 is 0 Å². The average molecular weight is 345 g/mol. The second kappa shape index (κ2) is 7.27. The summed E-state index contributed by atoms with van der Waals surface area (Å²) in [6, 6.07) is 9.02. The van der Waals surface area contributed by atoms with Crippen LogP contribution in [0.15, 0.2) is 30.3 Å². The highest BCUT2D eigenvalue weighted by Crippen LogP contribution is 2.33. The first-order valence-corrected chi connectivity index (χ1v) is 7.71. The molecule has 0 heterocycles. The van der Waals surface area contributed by atoms with Gasteiger partial charge in [0.05, 0.1) is 12.0 Å². The molecule has 0 aliphatic carbocycles. The van der Waals surface area contributed by atoms with Gasteiger partial charge < -0.3 is 15.4 Å². The molecule has 126 valence electrons. The minimum Gasteiger partial charge on any atom is -0.490 e. The van der Waals surface area contributed by atoms with Crippen LogP contribution in [0.3, 0.4) is 0 Å². The van der Waals surface area contributed by atoms with E-state index < -0.39 is 4.92 Å². The Hall–Kier alpha value is -2.67. The first kappa shape index (κ1) is 17.7. The Balaban J connectivity index is 2.25. The number of benzene rings is 2. The number of methoxy groups -OCH3 is 1. The van der Waals surface area contributed by atoms with E-state index in [-0.39, 0.29) is 11.4 Å². The number of nitrogens with zero attached hydrogens (tertiary/aromatic N) is 1. The van der Waals surface area contributed by atoms with Gasteiger partial charge in [0.1, 0.15) is 0 Å². The zero-order valence-electron chi connectivity index (χ0n) is 14.0. The molecule has 0 spiro atoms. The third-order valence-corrected chi connectivity index (χ3v) is 3.89. The summed E-state index contributed by atoms with van der Waals surface area (Å²) in [5.41, 5.74) is 4.39.